The average Bonchev–Trinajstić information content (AvgIpc) is 2.92. The zero-order valence-electron chi connectivity index (χ0n) is 13.2. The molecular weight excluding hydrogens is 515 g/mol. The van der Waals surface area contributed by atoms with Gasteiger partial charge in [0.2, 0.25) is 0 Å². The van der Waals surface area contributed by atoms with Crippen LogP contribution in [0.1, 0.15) is 18.1 Å². The Morgan fingerprint density at radius 1 is 1.32 bits per heavy atom. The van der Waals surface area contributed by atoms with Gasteiger partial charge >= 0.3 is 0 Å². The molecule has 2 aromatic rings. The molecule has 0 saturated carbocycles. The quantitative estimate of drug-likeness (QED) is 0.424. The molecule has 1 aliphatic rings. The van der Waals surface area contributed by atoms with Crippen molar-refractivity contribution in [1.29, 1.82) is 0 Å². The number of hydrogen-bond acceptors (Lipinski definition) is 4. The molecule has 2 aromatic carbocycles. The van der Waals surface area contributed by atoms with Crippen molar-refractivity contribution < 1.29 is 9.90 Å². The van der Waals surface area contributed by atoms with E-state index in [-0.39, 0.29) is 11.7 Å². The van der Waals surface area contributed by atoms with Crippen LogP contribution in [0.4, 0.5) is 5.69 Å². The van der Waals surface area contributed by atoms with Crippen LogP contribution in [0.25, 0.3) is 6.08 Å². The van der Waals surface area contributed by atoms with E-state index in [0.717, 1.165) is 16.6 Å². The summed E-state index contributed by atoms with van der Waals surface area (Å²) in [6.07, 6.45) is 2.65. The van der Waals surface area contributed by atoms with E-state index in [1.165, 1.54) is 17.3 Å². The third kappa shape index (κ3) is 4.45. The summed E-state index contributed by atoms with van der Waals surface area (Å²) in [6, 6.07) is 11.5. The predicted octanol–water partition coefficient (Wildman–Crippen LogP) is 5.21. The van der Waals surface area contributed by atoms with Gasteiger partial charge in [-0.05, 0) is 76.7 Å². The summed E-state index contributed by atoms with van der Waals surface area (Å²) < 4.78 is 1.56. The summed E-state index contributed by atoms with van der Waals surface area (Å²) in [4.78, 5) is 17.1. The van der Waals surface area contributed by atoms with Gasteiger partial charge in [0.25, 0.3) is 5.91 Å². The Labute approximate surface area is 172 Å². The molecule has 7 heteroatoms. The molecule has 1 saturated heterocycles. The molecule has 25 heavy (non-hydrogen) atoms. The Hall–Kier alpha value is -1.32. The maximum absolute atomic E-state index is 12.2. The zero-order valence-corrected chi connectivity index (χ0v) is 17.8. The highest BCUT2D eigenvalue weighted by atomic mass is 127. The lowest BCUT2D eigenvalue weighted by atomic mass is 10.2. The molecule has 1 amide bonds. The maximum atomic E-state index is 12.2. The second-order valence-electron chi connectivity index (χ2n) is 5.33. The average molecular weight is 529 g/mol. The fourth-order valence-corrected chi connectivity index (χ4v) is 4.62. The fraction of sp³-hybridized carbons (Fsp3) is 0.111. The minimum Gasteiger partial charge on any atom is -0.506 e. The summed E-state index contributed by atoms with van der Waals surface area (Å²) >= 11 is 6.72. The summed E-state index contributed by atoms with van der Waals surface area (Å²) in [5.74, 6) is -0.0615. The Morgan fingerprint density at radius 3 is 2.72 bits per heavy atom. The van der Waals surface area contributed by atoms with Crippen LogP contribution in [-0.2, 0) is 11.2 Å². The molecule has 1 fully saturated rings. The molecule has 4 nitrogen and oxygen atoms in total. The molecule has 0 aromatic heterocycles. The first-order valence-electron chi connectivity index (χ1n) is 7.53. The standard InChI is InChI=1S/C18H14BrIN2O2S/c1-2-10-3-5-13(6-4-10)21-18-22-17(24)15(25-18)8-11-7-12(19)9-14(20)16(11)23/h3-9,23H,2H2,1H3,(H,21,22,24). The predicted molar refractivity (Wildman–Crippen MR) is 115 cm³/mol. The van der Waals surface area contributed by atoms with Crippen LogP contribution in [0, 0.1) is 3.57 Å². The number of hydrogen-bond donors (Lipinski definition) is 2. The van der Waals surface area contributed by atoms with Crippen LogP contribution >= 0.6 is 50.3 Å². The topological polar surface area (TPSA) is 61.7 Å². The highest BCUT2D eigenvalue weighted by Gasteiger charge is 2.24. The van der Waals surface area contributed by atoms with Gasteiger partial charge in [0.15, 0.2) is 5.17 Å². The second kappa shape index (κ2) is 7.92. The van der Waals surface area contributed by atoms with Crippen molar-refractivity contribution in [2.75, 3.05) is 0 Å². The third-order valence-corrected chi connectivity index (χ3v) is 5.76. The molecule has 0 spiro atoms. The Bertz CT molecular complexity index is 895. The second-order valence-corrected chi connectivity index (χ2v) is 8.44. The van der Waals surface area contributed by atoms with Crippen LogP contribution < -0.4 is 5.32 Å². The smallest absolute Gasteiger partial charge is 0.264 e. The number of aliphatic imine (C=N–C) groups is 1. The largest absolute Gasteiger partial charge is 0.506 e. The number of nitrogens with zero attached hydrogens (tertiary/aromatic N) is 1. The lowest BCUT2D eigenvalue weighted by Crippen LogP contribution is -2.19. The van der Waals surface area contributed by atoms with E-state index in [2.05, 4.69) is 55.8 Å². The summed E-state index contributed by atoms with van der Waals surface area (Å²) in [5.41, 5.74) is 2.62. The van der Waals surface area contributed by atoms with E-state index >= 15 is 0 Å². The van der Waals surface area contributed by atoms with Crippen molar-refractivity contribution in [3.8, 4) is 5.75 Å². The number of carbonyl (C=O) groups is 1. The number of thioether (sulfide) groups is 1. The summed E-state index contributed by atoms with van der Waals surface area (Å²) in [6.45, 7) is 2.10. The first kappa shape index (κ1) is 18.5. The van der Waals surface area contributed by atoms with Gasteiger partial charge in [-0.1, -0.05) is 35.0 Å². The van der Waals surface area contributed by atoms with Crippen LogP contribution in [0.15, 0.2) is 50.8 Å². The molecule has 1 aliphatic heterocycles. The number of phenols is 1. The molecule has 3 rings (SSSR count). The molecule has 0 bridgehead atoms. The lowest BCUT2D eigenvalue weighted by molar-refractivity contribution is -0.115. The van der Waals surface area contributed by atoms with Crippen LogP contribution in [0.5, 0.6) is 5.75 Å². The normalized spacial score (nSPS) is 17.3. The molecular formula is C18H14BrIN2O2S. The van der Waals surface area contributed by atoms with Gasteiger partial charge in [0, 0.05) is 10.0 Å². The SMILES string of the molecule is CCc1ccc(N=C2NC(=O)C(=Cc3cc(Br)cc(I)c3O)S2)cc1. The number of nitrogens with one attached hydrogen (secondary N) is 1. The Morgan fingerprint density at radius 2 is 2.04 bits per heavy atom. The highest BCUT2D eigenvalue weighted by Crippen LogP contribution is 2.34. The summed E-state index contributed by atoms with van der Waals surface area (Å²) in [5, 5.41) is 13.5. The van der Waals surface area contributed by atoms with Crippen molar-refractivity contribution in [2.24, 2.45) is 4.99 Å². The van der Waals surface area contributed by atoms with Crippen molar-refractivity contribution in [3.63, 3.8) is 0 Å². The first-order chi connectivity index (χ1) is 12.0. The number of phenolic OH excluding ortho intramolecular Hbond substituents is 1. The van der Waals surface area contributed by atoms with Crippen molar-refractivity contribution in [2.45, 2.75) is 13.3 Å². The van der Waals surface area contributed by atoms with Gasteiger partial charge in [0.1, 0.15) is 5.75 Å². The number of aromatic hydroxyl groups is 1. The van der Waals surface area contributed by atoms with Gasteiger partial charge < -0.3 is 10.4 Å². The van der Waals surface area contributed by atoms with E-state index in [9.17, 15) is 9.90 Å². The fourth-order valence-electron chi connectivity index (χ4n) is 2.24. The monoisotopic (exact) mass is 528 g/mol. The van der Waals surface area contributed by atoms with Crippen LogP contribution in [0.2, 0.25) is 0 Å². The van der Waals surface area contributed by atoms with Gasteiger partial charge in [-0.2, -0.15) is 0 Å². The van der Waals surface area contributed by atoms with Crippen molar-refractivity contribution in [3.05, 3.63) is 60.5 Å². The van der Waals surface area contributed by atoms with Gasteiger partial charge in [-0.15, -0.1) is 0 Å². The van der Waals surface area contributed by atoms with Gasteiger partial charge in [-0.3, -0.25) is 4.79 Å². The van der Waals surface area contributed by atoms with E-state index in [1.807, 2.05) is 30.3 Å². The number of halogens is 2. The number of benzene rings is 2. The molecule has 0 aliphatic carbocycles. The minimum absolute atomic E-state index is 0.158. The molecule has 0 radical (unpaired) electrons. The number of carbonyl (C=O) groups excluding carboxylic acids is 1. The van der Waals surface area contributed by atoms with E-state index < -0.39 is 0 Å². The number of amidine groups is 1. The maximum Gasteiger partial charge on any atom is 0.264 e. The van der Waals surface area contributed by atoms with E-state index in [0.29, 0.717) is 19.2 Å². The lowest BCUT2D eigenvalue weighted by Gasteiger charge is -2.03. The Balaban J connectivity index is 1.86. The number of rotatable bonds is 3. The van der Waals surface area contributed by atoms with Gasteiger partial charge in [-0.25, -0.2) is 4.99 Å². The number of aryl methyl sites for hydroxylation is 1. The molecule has 2 N–H and O–H groups in total. The zero-order chi connectivity index (χ0) is 18.0. The van der Waals surface area contributed by atoms with Crippen LogP contribution in [-0.4, -0.2) is 16.2 Å². The van der Waals surface area contributed by atoms with Crippen molar-refractivity contribution >= 4 is 73.1 Å². The molecule has 0 atom stereocenters. The first-order valence-corrected chi connectivity index (χ1v) is 10.2. The number of amides is 1. The van der Waals surface area contributed by atoms with Crippen LogP contribution in [0.3, 0.4) is 0 Å². The van der Waals surface area contributed by atoms with Gasteiger partial charge in [0.05, 0.1) is 14.2 Å². The molecule has 0 unspecified atom stereocenters. The van der Waals surface area contributed by atoms with E-state index in [1.54, 1.807) is 12.1 Å². The van der Waals surface area contributed by atoms with E-state index in [4.69, 9.17) is 0 Å². The molecule has 128 valence electrons. The van der Waals surface area contributed by atoms with Crippen molar-refractivity contribution in [1.82, 2.24) is 5.32 Å². The highest BCUT2D eigenvalue weighted by molar-refractivity contribution is 14.1. The third-order valence-electron chi connectivity index (χ3n) is 3.57. The summed E-state index contributed by atoms with van der Waals surface area (Å²) in [7, 11) is 0. The minimum atomic E-state index is -0.219. The Kier molecular flexibility index (Phi) is 5.85. The molecule has 1 heterocycles.